The molecule has 1 unspecified atom stereocenters. The molecule has 0 aliphatic heterocycles. The molecule has 0 bridgehead atoms. The molecular formula is C18H23NO4. The highest BCUT2D eigenvalue weighted by molar-refractivity contribution is 5.44. The van der Waals surface area contributed by atoms with Crippen LogP contribution in [0.4, 0.5) is 0 Å². The van der Waals surface area contributed by atoms with Gasteiger partial charge in [0.05, 0.1) is 32.7 Å². The molecule has 0 amide bonds. The van der Waals surface area contributed by atoms with E-state index in [-0.39, 0.29) is 0 Å². The first-order valence-electron chi connectivity index (χ1n) is 7.68. The first-order valence-corrected chi connectivity index (χ1v) is 7.68. The molecule has 0 saturated heterocycles. The molecule has 1 heterocycles. The Morgan fingerprint density at radius 3 is 2.48 bits per heavy atom. The predicted molar refractivity (Wildman–Crippen MR) is 88.2 cm³/mol. The van der Waals surface area contributed by atoms with Gasteiger partial charge in [-0.25, -0.2) is 0 Å². The van der Waals surface area contributed by atoms with Crippen LogP contribution < -0.4 is 14.2 Å². The molecule has 0 spiro atoms. The molecule has 0 aliphatic carbocycles. The summed E-state index contributed by atoms with van der Waals surface area (Å²) in [5.74, 6) is 1.90. The molecule has 0 aliphatic rings. The van der Waals surface area contributed by atoms with Crippen LogP contribution in [0, 0.1) is 0 Å². The van der Waals surface area contributed by atoms with Gasteiger partial charge in [0.15, 0.2) is 11.5 Å². The zero-order valence-electron chi connectivity index (χ0n) is 13.8. The Kier molecular flexibility index (Phi) is 6.23. The van der Waals surface area contributed by atoms with E-state index in [1.807, 2.05) is 6.07 Å². The lowest BCUT2D eigenvalue weighted by Crippen LogP contribution is -2.04. The minimum absolute atomic E-state index is 0.556. The first kappa shape index (κ1) is 17.1. The van der Waals surface area contributed by atoms with Gasteiger partial charge in [-0.1, -0.05) is 19.4 Å². The number of hydrogen-bond acceptors (Lipinski definition) is 5. The summed E-state index contributed by atoms with van der Waals surface area (Å²) in [5.41, 5.74) is 1.25. The maximum absolute atomic E-state index is 10.5. The summed E-state index contributed by atoms with van der Waals surface area (Å²) in [6.07, 6.45) is 2.90. The average Bonchev–Trinajstić information content (AvgIpc) is 2.61. The molecule has 23 heavy (non-hydrogen) atoms. The molecule has 1 atom stereocenters. The van der Waals surface area contributed by atoms with Gasteiger partial charge in [0.25, 0.3) is 0 Å². The van der Waals surface area contributed by atoms with Gasteiger partial charge in [0.1, 0.15) is 11.9 Å². The molecule has 124 valence electrons. The predicted octanol–water partition coefficient (Wildman–Crippen LogP) is 3.36. The summed E-state index contributed by atoms with van der Waals surface area (Å²) < 4.78 is 16.0. The quantitative estimate of drug-likeness (QED) is 0.757. The molecule has 1 aromatic heterocycles. The zero-order valence-corrected chi connectivity index (χ0v) is 13.8. The third kappa shape index (κ3) is 4.36. The van der Waals surface area contributed by atoms with E-state index in [0.717, 1.165) is 12.8 Å². The lowest BCUT2D eigenvalue weighted by atomic mass is 10.1. The monoisotopic (exact) mass is 317 g/mol. The van der Waals surface area contributed by atoms with Gasteiger partial charge in [-0.15, -0.1) is 0 Å². The molecule has 1 aromatic carbocycles. The number of benzene rings is 1. The number of ether oxygens (including phenoxy) is 3. The van der Waals surface area contributed by atoms with Crippen molar-refractivity contribution in [3.8, 4) is 17.2 Å². The van der Waals surface area contributed by atoms with Crippen molar-refractivity contribution in [1.29, 1.82) is 0 Å². The standard InChI is InChI=1S/C18H23NO4/c1-4-5-10-23-14-7-8-15(19-12-14)18(20)13-6-9-16(21-2)17(11-13)22-3/h6-9,11-12,18,20H,4-5,10H2,1-3H3. The summed E-state index contributed by atoms with van der Waals surface area (Å²) in [5, 5.41) is 10.5. The van der Waals surface area contributed by atoms with E-state index >= 15 is 0 Å². The Morgan fingerprint density at radius 1 is 1.09 bits per heavy atom. The number of aliphatic hydroxyl groups is 1. The van der Waals surface area contributed by atoms with Crippen molar-refractivity contribution >= 4 is 0 Å². The van der Waals surface area contributed by atoms with Gasteiger partial charge in [-0.3, -0.25) is 4.98 Å². The molecule has 0 fully saturated rings. The van der Waals surface area contributed by atoms with Gasteiger partial charge in [-0.2, -0.15) is 0 Å². The van der Waals surface area contributed by atoms with Crippen molar-refractivity contribution in [2.24, 2.45) is 0 Å². The Bertz CT molecular complexity index is 613. The van der Waals surface area contributed by atoms with E-state index in [0.29, 0.717) is 35.1 Å². The minimum Gasteiger partial charge on any atom is -0.493 e. The third-order valence-corrected chi connectivity index (χ3v) is 3.53. The van der Waals surface area contributed by atoms with Crippen LogP contribution in [0.25, 0.3) is 0 Å². The zero-order chi connectivity index (χ0) is 16.7. The van der Waals surface area contributed by atoms with Crippen LogP contribution >= 0.6 is 0 Å². The fraction of sp³-hybridized carbons (Fsp3) is 0.389. The highest BCUT2D eigenvalue weighted by Crippen LogP contribution is 2.31. The Labute approximate surface area is 136 Å². The first-order chi connectivity index (χ1) is 11.2. The Hall–Kier alpha value is -2.27. The molecular weight excluding hydrogens is 294 g/mol. The van der Waals surface area contributed by atoms with Crippen molar-refractivity contribution in [1.82, 2.24) is 4.98 Å². The van der Waals surface area contributed by atoms with Crippen LogP contribution in [-0.4, -0.2) is 30.9 Å². The van der Waals surface area contributed by atoms with E-state index in [1.54, 1.807) is 44.7 Å². The SMILES string of the molecule is CCCCOc1ccc(C(O)c2ccc(OC)c(OC)c2)nc1. The molecule has 2 rings (SSSR count). The number of rotatable bonds is 8. The summed E-state index contributed by atoms with van der Waals surface area (Å²) in [4.78, 5) is 4.28. The van der Waals surface area contributed by atoms with Crippen molar-refractivity contribution in [3.05, 3.63) is 47.8 Å². The average molecular weight is 317 g/mol. The normalized spacial score (nSPS) is 11.8. The molecule has 1 N–H and O–H groups in total. The second-order valence-electron chi connectivity index (χ2n) is 5.14. The summed E-state index contributed by atoms with van der Waals surface area (Å²) in [6, 6.07) is 8.89. The smallest absolute Gasteiger partial charge is 0.161 e. The van der Waals surface area contributed by atoms with E-state index in [2.05, 4.69) is 11.9 Å². The number of methoxy groups -OCH3 is 2. The summed E-state index contributed by atoms with van der Waals surface area (Å²) in [7, 11) is 3.14. The number of aliphatic hydroxyl groups excluding tert-OH is 1. The third-order valence-electron chi connectivity index (χ3n) is 3.53. The number of nitrogens with zero attached hydrogens (tertiary/aromatic N) is 1. The van der Waals surface area contributed by atoms with Gasteiger partial charge in [-0.05, 0) is 36.2 Å². The van der Waals surface area contributed by atoms with Crippen molar-refractivity contribution in [2.45, 2.75) is 25.9 Å². The molecule has 5 nitrogen and oxygen atoms in total. The lowest BCUT2D eigenvalue weighted by Gasteiger charge is -2.14. The minimum atomic E-state index is -0.834. The van der Waals surface area contributed by atoms with Crippen LogP contribution in [0.2, 0.25) is 0 Å². The van der Waals surface area contributed by atoms with Crippen LogP contribution in [0.1, 0.15) is 37.1 Å². The fourth-order valence-electron chi connectivity index (χ4n) is 2.17. The van der Waals surface area contributed by atoms with Gasteiger partial charge in [0, 0.05) is 0 Å². The number of hydrogen-bond donors (Lipinski definition) is 1. The largest absolute Gasteiger partial charge is 0.493 e. The van der Waals surface area contributed by atoms with Gasteiger partial charge < -0.3 is 19.3 Å². The maximum Gasteiger partial charge on any atom is 0.161 e. The van der Waals surface area contributed by atoms with E-state index in [1.165, 1.54) is 0 Å². The van der Waals surface area contributed by atoms with Crippen molar-refractivity contribution in [2.75, 3.05) is 20.8 Å². The van der Waals surface area contributed by atoms with Crippen LogP contribution in [0.15, 0.2) is 36.5 Å². The van der Waals surface area contributed by atoms with Crippen molar-refractivity contribution in [3.63, 3.8) is 0 Å². The van der Waals surface area contributed by atoms with Crippen molar-refractivity contribution < 1.29 is 19.3 Å². The molecule has 5 heteroatoms. The summed E-state index contributed by atoms with van der Waals surface area (Å²) >= 11 is 0. The lowest BCUT2D eigenvalue weighted by molar-refractivity contribution is 0.214. The second kappa shape index (κ2) is 8.39. The van der Waals surface area contributed by atoms with Crippen LogP contribution in [0.5, 0.6) is 17.2 Å². The highest BCUT2D eigenvalue weighted by atomic mass is 16.5. The van der Waals surface area contributed by atoms with E-state index in [9.17, 15) is 5.11 Å². The topological polar surface area (TPSA) is 60.8 Å². The second-order valence-corrected chi connectivity index (χ2v) is 5.14. The molecule has 2 aromatic rings. The van der Waals surface area contributed by atoms with Gasteiger partial charge in [0.2, 0.25) is 0 Å². The Balaban J connectivity index is 2.12. The highest BCUT2D eigenvalue weighted by Gasteiger charge is 2.15. The number of unbranched alkanes of at least 4 members (excludes halogenated alkanes) is 1. The Morgan fingerprint density at radius 2 is 1.87 bits per heavy atom. The van der Waals surface area contributed by atoms with Crippen LogP contribution in [0.3, 0.4) is 0 Å². The van der Waals surface area contributed by atoms with E-state index < -0.39 is 6.10 Å². The maximum atomic E-state index is 10.5. The van der Waals surface area contributed by atoms with Crippen LogP contribution in [-0.2, 0) is 0 Å². The summed E-state index contributed by atoms with van der Waals surface area (Å²) in [6.45, 7) is 2.79. The molecule has 0 saturated carbocycles. The number of pyridine rings is 1. The fourth-order valence-corrected chi connectivity index (χ4v) is 2.17. The van der Waals surface area contributed by atoms with Gasteiger partial charge >= 0.3 is 0 Å². The molecule has 0 radical (unpaired) electrons. The van der Waals surface area contributed by atoms with E-state index in [4.69, 9.17) is 14.2 Å². The number of aromatic nitrogens is 1.